The molecule has 0 saturated carbocycles. The molecule has 1 heterocycles. The summed E-state index contributed by atoms with van der Waals surface area (Å²) in [6.45, 7) is 1.62. The highest BCUT2D eigenvalue weighted by atomic mass is 35.5. The minimum absolute atomic E-state index is 0.214. The third kappa shape index (κ3) is 4.06. The van der Waals surface area contributed by atoms with Crippen LogP contribution in [0.4, 0.5) is 5.82 Å². The van der Waals surface area contributed by atoms with Gasteiger partial charge in [-0.15, -0.1) is 0 Å². The van der Waals surface area contributed by atoms with Crippen molar-refractivity contribution in [1.82, 2.24) is 4.98 Å². The van der Waals surface area contributed by atoms with E-state index < -0.39 is 0 Å². The molecule has 0 radical (unpaired) electrons. The summed E-state index contributed by atoms with van der Waals surface area (Å²) in [5.41, 5.74) is 2.01. The van der Waals surface area contributed by atoms with Crippen molar-refractivity contribution in [3.8, 4) is 11.8 Å². The van der Waals surface area contributed by atoms with Crippen molar-refractivity contribution in [2.24, 2.45) is 0 Å². The number of aliphatic hydroxyl groups excluding tert-OH is 1. The van der Waals surface area contributed by atoms with Gasteiger partial charge in [-0.25, -0.2) is 4.98 Å². The molecule has 0 unspecified atom stereocenters. The Labute approximate surface area is 127 Å². The lowest BCUT2D eigenvalue weighted by atomic mass is 10.1. The molecule has 4 nitrogen and oxygen atoms in total. The average molecular weight is 301 g/mol. The minimum Gasteiger partial charge on any atom is -0.384 e. The highest BCUT2D eigenvalue weighted by molar-refractivity contribution is 6.31. The lowest BCUT2D eigenvalue weighted by Gasteiger charge is -2.06. The Hall–Kier alpha value is -2.35. The van der Waals surface area contributed by atoms with Crippen LogP contribution in [-0.4, -0.2) is 22.6 Å². The summed E-state index contributed by atoms with van der Waals surface area (Å²) >= 11 is 5.94. The largest absolute Gasteiger partial charge is 0.384 e. The molecule has 106 valence electrons. The number of hydrogen-bond acceptors (Lipinski definition) is 3. The number of nitrogens with zero attached hydrogens (tertiary/aromatic N) is 1. The van der Waals surface area contributed by atoms with Crippen LogP contribution in [0.3, 0.4) is 0 Å². The lowest BCUT2D eigenvalue weighted by Crippen LogP contribution is -2.13. The van der Waals surface area contributed by atoms with E-state index >= 15 is 0 Å². The number of carbonyl (C=O) groups is 1. The fourth-order valence-electron chi connectivity index (χ4n) is 1.69. The molecule has 0 atom stereocenters. The number of anilines is 1. The second kappa shape index (κ2) is 6.89. The van der Waals surface area contributed by atoms with Gasteiger partial charge in [0.05, 0.1) is 0 Å². The molecule has 2 N–H and O–H groups in total. The van der Waals surface area contributed by atoms with Gasteiger partial charge in [-0.2, -0.15) is 0 Å². The Morgan fingerprint density at radius 1 is 1.38 bits per heavy atom. The van der Waals surface area contributed by atoms with E-state index in [1.807, 2.05) is 6.92 Å². The van der Waals surface area contributed by atoms with Crippen LogP contribution in [0.5, 0.6) is 0 Å². The summed E-state index contributed by atoms with van der Waals surface area (Å²) in [7, 11) is 0. The highest BCUT2D eigenvalue weighted by Gasteiger charge is 2.08. The van der Waals surface area contributed by atoms with Gasteiger partial charge in [0.25, 0.3) is 5.91 Å². The summed E-state index contributed by atoms with van der Waals surface area (Å²) in [5, 5.41) is 12.0. The Balaban J connectivity index is 2.17. The van der Waals surface area contributed by atoms with Crippen molar-refractivity contribution in [2.45, 2.75) is 6.92 Å². The van der Waals surface area contributed by atoms with Gasteiger partial charge in [0.15, 0.2) is 0 Å². The van der Waals surface area contributed by atoms with Crippen LogP contribution in [0.1, 0.15) is 21.5 Å². The molecular formula is C16H13ClN2O2. The fourth-order valence-corrected chi connectivity index (χ4v) is 1.81. The van der Waals surface area contributed by atoms with Crippen molar-refractivity contribution >= 4 is 23.3 Å². The first kappa shape index (κ1) is 15.0. The SMILES string of the molecule is Cc1cc(C(=O)Nc2cc(C#CCO)ccn2)ccc1Cl. The van der Waals surface area contributed by atoms with Crippen LogP contribution in [0, 0.1) is 18.8 Å². The summed E-state index contributed by atoms with van der Waals surface area (Å²) in [6, 6.07) is 8.39. The van der Waals surface area contributed by atoms with E-state index in [1.54, 1.807) is 36.5 Å². The molecule has 2 rings (SSSR count). The number of benzene rings is 1. The number of aromatic nitrogens is 1. The molecule has 2 aromatic rings. The molecule has 1 amide bonds. The van der Waals surface area contributed by atoms with Gasteiger partial charge in [0, 0.05) is 22.3 Å². The zero-order chi connectivity index (χ0) is 15.2. The molecule has 0 aliphatic heterocycles. The second-order valence-corrected chi connectivity index (χ2v) is 4.71. The number of aryl methyl sites for hydroxylation is 1. The van der Waals surface area contributed by atoms with E-state index in [-0.39, 0.29) is 12.5 Å². The normalized spacial score (nSPS) is 9.67. The maximum atomic E-state index is 12.1. The Morgan fingerprint density at radius 3 is 2.90 bits per heavy atom. The number of rotatable bonds is 2. The van der Waals surface area contributed by atoms with Crippen LogP contribution in [0.25, 0.3) is 0 Å². The maximum absolute atomic E-state index is 12.1. The van der Waals surface area contributed by atoms with Gasteiger partial charge in [-0.3, -0.25) is 4.79 Å². The van der Waals surface area contributed by atoms with Crippen molar-refractivity contribution in [1.29, 1.82) is 0 Å². The zero-order valence-electron chi connectivity index (χ0n) is 11.4. The molecular weight excluding hydrogens is 288 g/mol. The summed E-state index contributed by atoms with van der Waals surface area (Å²) in [4.78, 5) is 16.2. The quantitative estimate of drug-likeness (QED) is 0.838. The highest BCUT2D eigenvalue weighted by Crippen LogP contribution is 2.17. The standard InChI is InChI=1S/C16H13ClN2O2/c1-11-9-13(4-5-14(11)17)16(21)19-15-10-12(3-2-8-20)6-7-18-15/h4-7,9-10,20H,8H2,1H3,(H,18,19,21). The van der Waals surface area contributed by atoms with Gasteiger partial charge in [-0.05, 0) is 42.8 Å². The van der Waals surface area contributed by atoms with E-state index in [9.17, 15) is 4.79 Å². The van der Waals surface area contributed by atoms with Gasteiger partial charge < -0.3 is 10.4 Å². The molecule has 0 aliphatic carbocycles. The van der Waals surface area contributed by atoms with E-state index in [1.165, 1.54) is 0 Å². The van der Waals surface area contributed by atoms with E-state index in [0.29, 0.717) is 22.0 Å². The Kier molecular flexibility index (Phi) is 4.94. The topological polar surface area (TPSA) is 62.2 Å². The molecule has 0 saturated heterocycles. The van der Waals surface area contributed by atoms with Crippen LogP contribution < -0.4 is 5.32 Å². The number of halogens is 1. The predicted molar refractivity (Wildman–Crippen MR) is 82.3 cm³/mol. The second-order valence-electron chi connectivity index (χ2n) is 4.31. The third-order valence-corrected chi connectivity index (χ3v) is 3.16. The summed E-state index contributed by atoms with van der Waals surface area (Å²) < 4.78 is 0. The van der Waals surface area contributed by atoms with Crippen LogP contribution in [-0.2, 0) is 0 Å². The number of amides is 1. The first-order valence-corrected chi connectivity index (χ1v) is 6.61. The summed E-state index contributed by atoms with van der Waals surface area (Å²) in [6.07, 6.45) is 1.55. The third-order valence-electron chi connectivity index (χ3n) is 2.73. The van der Waals surface area contributed by atoms with Gasteiger partial charge in [0.2, 0.25) is 0 Å². The molecule has 0 spiro atoms. The van der Waals surface area contributed by atoms with Gasteiger partial charge in [-0.1, -0.05) is 23.4 Å². The van der Waals surface area contributed by atoms with Crippen molar-refractivity contribution in [3.05, 3.63) is 58.2 Å². The molecule has 0 fully saturated rings. The average Bonchev–Trinajstić information content (AvgIpc) is 2.48. The van der Waals surface area contributed by atoms with Gasteiger partial charge in [0.1, 0.15) is 12.4 Å². The van der Waals surface area contributed by atoms with Crippen LogP contribution >= 0.6 is 11.6 Å². The molecule has 0 bridgehead atoms. The maximum Gasteiger partial charge on any atom is 0.256 e. The lowest BCUT2D eigenvalue weighted by molar-refractivity contribution is 0.102. The Morgan fingerprint density at radius 2 is 2.19 bits per heavy atom. The molecule has 1 aromatic heterocycles. The predicted octanol–water partition coefficient (Wildman–Crippen LogP) is 2.64. The van der Waals surface area contributed by atoms with Crippen molar-refractivity contribution in [2.75, 3.05) is 11.9 Å². The van der Waals surface area contributed by atoms with E-state index in [2.05, 4.69) is 22.1 Å². The summed E-state index contributed by atoms with van der Waals surface area (Å²) in [5.74, 6) is 5.43. The monoisotopic (exact) mass is 300 g/mol. The molecule has 0 aliphatic rings. The van der Waals surface area contributed by atoms with Crippen molar-refractivity contribution < 1.29 is 9.90 Å². The minimum atomic E-state index is -0.269. The first-order chi connectivity index (χ1) is 10.1. The molecule has 21 heavy (non-hydrogen) atoms. The van der Waals surface area contributed by atoms with E-state index in [0.717, 1.165) is 5.56 Å². The van der Waals surface area contributed by atoms with Crippen LogP contribution in [0.2, 0.25) is 5.02 Å². The first-order valence-electron chi connectivity index (χ1n) is 6.23. The molecule has 1 aromatic carbocycles. The number of hydrogen-bond donors (Lipinski definition) is 2. The zero-order valence-corrected chi connectivity index (χ0v) is 12.1. The Bertz CT molecular complexity index is 733. The van der Waals surface area contributed by atoms with Crippen LogP contribution in [0.15, 0.2) is 36.5 Å². The molecule has 5 heteroatoms. The number of pyridine rings is 1. The number of aliphatic hydroxyl groups is 1. The number of nitrogens with one attached hydrogen (secondary N) is 1. The fraction of sp³-hybridized carbons (Fsp3) is 0.125. The van der Waals surface area contributed by atoms with Gasteiger partial charge >= 0.3 is 0 Å². The van der Waals surface area contributed by atoms with Crippen molar-refractivity contribution in [3.63, 3.8) is 0 Å². The smallest absolute Gasteiger partial charge is 0.256 e. The number of carbonyl (C=O) groups excluding carboxylic acids is 1. The van der Waals surface area contributed by atoms with E-state index in [4.69, 9.17) is 16.7 Å².